The maximum Gasteiger partial charge on any atom is 0.169 e. The Balaban J connectivity index is 2.35. The predicted molar refractivity (Wildman–Crippen MR) is 83.8 cm³/mol. The minimum absolute atomic E-state index is 0.452. The van der Waals surface area contributed by atoms with Gasteiger partial charge in [0.15, 0.2) is 11.5 Å². The topological polar surface area (TPSA) is 44.5 Å². The molecule has 0 radical (unpaired) electrons. The van der Waals surface area contributed by atoms with E-state index in [2.05, 4.69) is 13.0 Å². The lowest BCUT2D eigenvalue weighted by Gasteiger charge is -2.15. The van der Waals surface area contributed by atoms with Crippen LogP contribution >= 0.6 is 11.8 Å². The van der Waals surface area contributed by atoms with E-state index in [-0.39, 0.29) is 0 Å². The van der Waals surface area contributed by atoms with Gasteiger partial charge in [0.2, 0.25) is 0 Å². The molecule has 0 aromatic heterocycles. The fourth-order valence-corrected chi connectivity index (χ4v) is 2.80. The van der Waals surface area contributed by atoms with Crippen LogP contribution in [-0.2, 0) is 6.54 Å². The van der Waals surface area contributed by atoms with Gasteiger partial charge in [0.1, 0.15) is 5.75 Å². The number of nitrogens with two attached hydrogens (primary N) is 1. The predicted octanol–water partition coefficient (Wildman–Crippen LogP) is 4.06. The zero-order valence-electron chi connectivity index (χ0n) is 11.8. The largest absolute Gasteiger partial charge is 0.493 e. The molecular weight excluding hydrogens is 270 g/mol. The second-order valence-electron chi connectivity index (χ2n) is 4.12. The quantitative estimate of drug-likeness (QED) is 0.815. The van der Waals surface area contributed by atoms with Gasteiger partial charge in [-0.2, -0.15) is 0 Å². The van der Waals surface area contributed by atoms with Crippen molar-refractivity contribution >= 4 is 11.8 Å². The minimum atomic E-state index is 0.452. The van der Waals surface area contributed by atoms with Crippen molar-refractivity contribution in [3.05, 3.63) is 48.0 Å². The standard InChI is InChI=1S/C16H19NO2S/c1-3-20-16-10-6-9-13(12(16)11-17)19-15-8-5-4-7-14(15)18-2/h4-10H,3,11,17H2,1-2H3. The summed E-state index contributed by atoms with van der Waals surface area (Å²) in [6, 6.07) is 13.6. The van der Waals surface area contributed by atoms with Crippen LogP contribution in [0.5, 0.6) is 17.2 Å². The number of benzene rings is 2. The molecule has 0 aliphatic heterocycles. The highest BCUT2D eigenvalue weighted by atomic mass is 32.2. The maximum absolute atomic E-state index is 5.99. The Labute approximate surface area is 124 Å². The summed E-state index contributed by atoms with van der Waals surface area (Å²) in [5, 5.41) is 0. The molecule has 0 saturated carbocycles. The van der Waals surface area contributed by atoms with E-state index in [0.29, 0.717) is 18.0 Å². The molecule has 2 N–H and O–H groups in total. The average Bonchev–Trinajstić information content (AvgIpc) is 2.48. The van der Waals surface area contributed by atoms with E-state index in [4.69, 9.17) is 15.2 Å². The van der Waals surface area contributed by atoms with Crippen LogP contribution in [-0.4, -0.2) is 12.9 Å². The number of para-hydroxylation sites is 2. The molecule has 0 bridgehead atoms. The molecule has 20 heavy (non-hydrogen) atoms. The first-order chi connectivity index (χ1) is 9.80. The van der Waals surface area contributed by atoms with Crippen LogP contribution in [0, 0.1) is 0 Å². The van der Waals surface area contributed by atoms with Crippen molar-refractivity contribution in [1.82, 2.24) is 0 Å². The molecule has 0 aliphatic rings. The van der Waals surface area contributed by atoms with Gasteiger partial charge in [-0.05, 0) is 30.0 Å². The van der Waals surface area contributed by atoms with E-state index in [9.17, 15) is 0 Å². The Morgan fingerprint density at radius 2 is 1.70 bits per heavy atom. The molecule has 2 aromatic rings. The molecule has 0 atom stereocenters. The van der Waals surface area contributed by atoms with Crippen molar-refractivity contribution < 1.29 is 9.47 Å². The van der Waals surface area contributed by atoms with E-state index in [1.165, 1.54) is 4.90 Å². The van der Waals surface area contributed by atoms with Crippen molar-refractivity contribution in [3.63, 3.8) is 0 Å². The third-order valence-electron chi connectivity index (χ3n) is 2.88. The van der Waals surface area contributed by atoms with Crippen molar-refractivity contribution in [2.75, 3.05) is 12.9 Å². The van der Waals surface area contributed by atoms with Crippen LogP contribution in [0.3, 0.4) is 0 Å². The molecular formula is C16H19NO2S. The van der Waals surface area contributed by atoms with Gasteiger partial charge in [0.05, 0.1) is 7.11 Å². The summed E-state index contributed by atoms with van der Waals surface area (Å²) < 4.78 is 11.3. The van der Waals surface area contributed by atoms with Gasteiger partial charge in [-0.3, -0.25) is 0 Å². The summed E-state index contributed by atoms with van der Waals surface area (Å²) in [4.78, 5) is 1.17. The fourth-order valence-electron chi connectivity index (χ4n) is 1.95. The van der Waals surface area contributed by atoms with E-state index >= 15 is 0 Å². The molecule has 0 aliphatic carbocycles. The zero-order valence-corrected chi connectivity index (χ0v) is 12.6. The Bertz CT molecular complexity index is 572. The molecule has 0 fully saturated rings. The highest BCUT2D eigenvalue weighted by molar-refractivity contribution is 7.99. The molecule has 2 aromatic carbocycles. The molecule has 0 saturated heterocycles. The molecule has 0 spiro atoms. The number of methoxy groups -OCH3 is 1. The number of hydrogen-bond acceptors (Lipinski definition) is 4. The van der Waals surface area contributed by atoms with Crippen LogP contribution in [0.4, 0.5) is 0 Å². The van der Waals surface area contributed by atoms with E-state index in [1.54, 1.807) is 18.9 Å². The van der Waals surface area contributed by atoms with Gasteiger partial charge in [-0.1, -0.05) is 25.1 Å². The molecule has 106 valence electrons. The van der Waals surface area contributed by atoms with Crippen molar-refractivity contribution in [3.8, 4) is 17.2 Å². The van der Waals surface area contributed by atoms with E-state index in [1.807, 2.05) is 36.4 Å². The molecule has 0 unspecified atom stereocenters. The van der Waals surface area contributed by atoms with E-state index in [0.717, 1.165) is 17.1 Å². The zero-order chi connectivity index (χ0) is 14.4. The first-order valence-corrected chi connectivity index (χ1v) is 7.54. The summed E-state index contributed by atoms with van der Waals surface area (Å²) >= 11 is 1.77. The van der Waals surface area contributed by atoms with Gasteiger partial charge in [0, 0.05) is 17.0 Å². The minimum Gasteiger partial charge on any atom is -0.493 e. The van der Waals surface area contributed by atoms with Crippen molar-refractivity contribution in [2.45, 2.75) is 18.4 Å². The number of thioether (sulfide) groups is 1. The highest BCUT2D eigenvalue weighted by Crippen LogP contribution is 2.36. The van der Waals surface area contributed by atoms with Crippen LogP contribution in [0.2, 0.25) is 0 Å². The van der Waals surface area contributed by atoms with Crippen molar-refractivity contribution in [1.29, 1.82) is 0 Å². The third-order valence-corrected chi connectivity index (χ3v) is 3.87. The first-order valence-electron chi connectivity index (χ1n) is 6.55. The summed E-state index contributed by atoms with van der Waals surface area (Å²) in [5.41, 5.74) is 6.91. The maximum atomic E-state index is 5.99. The Morgan fingerprint density at radius 1 is 1.00 bits per heavy atom. The highest BCUT2D eigenvalue weighted by Gasteiger charge is 2.11. The third kappa shape index (κ3) is 3.26. The second kappa shape index (κ2) is 7.22. The number of rotatable bonds is 6. The van der Waals surface area contributed by atoms with Gasteiger partial charge in [0.25, 0.3) is 0 Å². The first kappa shape index (κ1) is 14.8. The monoisotopic (exact) mass is 289 g/mol. The Morgan fingerprint density at radius 3 is 2.35 bits per heavy atom. The Kier molecular flexibility index (Phi) is 5.32. The summed E-state index contributed by atoms with van der Waals surface area (Å²) in [7, 11) is 1.63. The lowest BCUT2D eigenvalue weighted by molar-refractivity contribution is 0.377. The van der Waals surface area contributed by atoms with Crippen LogP contribution in [0.1, 0.15) is 12.5 Å². The lowest BCUT2D eigenvalue weighted by atomic mass is 10.2. The fraction of sp³-hybridized carbons (Fsp3) is 0.250. The summed E-state index contributed by atoms with van der Waals surface area (Å²) in [6.45, 7) is 2.58. The van der Waals surface area contributed by atoms with Crippen LogP contribution in [0.25, 0.3) is 0 Å². The van der Waals surface area contributed by atoms with Gasteiger partial charge < -0.3 is 15.2 Å². The van der Waals surface area contributed by atoms with Gasteiger partial charge >= 0.3 is 0 Å². The molecule has 0 heterocycles. The van der Waals surface area contributed by atoms with Gasteiger partial charge in [-0.25, -0.2) is 0 Å². The number of ether oxygens (including phenoxy) is 2. The Hall–Kier alpha value is -1.65. The second-order valence-corrected chi connectivity index (χ2v) is 5.43. The average molecular weight is 289 g/mol. The van der Waals surface area contributed by atoms with Crippen LogP contribution < -0.4 is 15.2 Å². The van der Waals surface area contributed by atoms with E-state index < -0.39 is 0 Å². The summed E-state index contributed by atoms with van der Waals surface area (Å²) in [6.07, 6.45) is 0. The molecule has 2 rings (SSSR count). The molecule has 4 heteroatoms. The SMILES string of the molecule is CCSc1cccc(Oc2ccccc2OC)c1CN. The van der Waals surface area contributed by atoms with Gasteiger partial charge in [-0.15, -0.1) is 11.8 Å². The smallest absolute Gasteiger partial charge is 0.169 e. The van der Waals surface area contributed by atoms with Crippen LogP contribution in [0.15, 0.2) is 47.4 Å². The summed E-state index contributed by atoms with van der Waals surface area (Å²) in [5.74, 6) is 3.20. The normalized spacial score (nSPS) is 10.3. The molecule has 0 amide bonds. The number of hydrogen-bond donors (Lipinski definition) is 1. The lowest BCUT2D eigenvalue weighted by Crippen LogP contribution is -2.02. The van der Waals surface area contributed by atoms with Crippen molar-refractivity contribution in [2.24, 2.45) is 5.73 Å². The molecule has 3 nitrogen and oxygen atoms in total.